The third kappa shape index (κ3) is 3.95. The van der Waals surface area contributed by atoms with Crippen LogP contribution in [0.2, 0.25) is 0 Å². The van der Waals surface area contributed by atoms with E-state index < -0.39 is 0 Å². The number of rotatable bonds is 6. The van der Waals surface area contributed by atoms with Gasteiger partial charge in [0, 0.05) is 48.7 Å². The van der Waals surface area contributed by atoms with E-state index in [1.165, 1.54) is 6.92 Å². The Balaban J connectivity index is 1.76. The van der Waals surface area contributed by atoms with Crippen molar-refractivity contribution in [2.75, 3.05) is 17.7 Å². The number of carbonyl (C=O) groups excluding carboxylic acids is 1. The number of hydrogen-bond acceptors (Lipinski definition) is 5. The molecule has 2 heterocycles. The van der Waals surface area contributed by atoms with Gasteiger partial charge in [-0.25, -0.2) is 0 Å². The van der Waals surface area contributed by atoms with Crippen LogP contribution in [-0.4, -0.2) is 28.2 Å². The van der Waals surface area contributed by atoms with Crippen LogP contribution >= 0.6 is 0 Å². The van der Waals surface area contributed by atoms with Gasteiger partial charge in [0.25, 0.3) is 0 Å². The summed E-state index contributed by atoms with van der Waals surface area (Å²) in [4.78, 5) is 15.3. The smallest absolute Gasteiger partial charge is 0.221 e. The molecule has 3 aromatic rings. The lowest BCUT2D eigenvalue weighted by Crippen LogP contribution is -2.07. The third-order valence-corrected chi connectivity index (χ3v) is 3.66. The van der Waals surface area contributed by atoms with Crippen LogP contribution in [0.15, 0.2) is 48.9 Å². The summed E-state index contributed by atoms with van der Waals surface area (Å²) >= 11 is 0. The van der Waals surface area contributed by atoms with Crippen LogP contribution < -0.4 is 15.4 Å². The van der Waals surface area contributed by atoms with E-state index in [9.17, 15) is 4.79 Å². The Hall–Kier alpha value is -3.35. The van der Waals surface area contributed by atoms with Crippen molar-refractivity contribution in [1.29, 1.82) is 0 Å². The summed E-state index contributed by atoms with van der Waals surface area (Å²) in [5, 5.41) is 13.2. The molecule has 0 fully saturated rings. The maximum Gasteiger partial charge on any atom is 0.221 e. The molecule has 0 atom stereocenters. The number of aromatic nitrogens is 3. The number of nitrogens with one attached hydrogen (secondary N) is 3. The van der Waals surface area contributed by atoms with Crippen molar-refractivity contribution in [2.45, 2.75) is 13.5 Å². The summed E-state index contributed by atoms with van der Waals surface area (Å²) in [6.07, 6.45) is 5.31. The second kappa shape index (κ2) is 7.48. The minimum absolute atomic E-state index is 0.123. The number of nitrogens with zero attached hydrogens (tertiary/aromatic N) is 2. The highest BCUT2D eigenvalue weighted by Gasteiger charge is 2.10. The molecule has 0 saturated carbocycles. The van der Waals surface area contributed by atoms with Gasteiger partial charge in [0.05, 0.1) is 24.7 Å². The fourth-order valence-electron chi connectivity index (χ4n) is 2.51. The van der Waals surface area contributed by atoms with Crippen LogP contribution in [0, 0.1) is 0 Å². The molecule has 1 amide bonds. The molecule has 128 valence electrons. The van der Waals surface area contributed by atoms with Gasteiger partial charge < -0.3 is 15.4 Å². The van der Waals surface area contributed by atoms with Crippen molar-refractivity contribution < 1.29 is 9.53 Å². The van der Waals surface area contributed by atoms with Crippen LogP contribution in [0.5, 0.6) is 5.75 Å². The SMILES string of the molecule is COc1cc(NC(C)=O)ccc1NCc1cn[nH]c1-c1cccnc1. The molecule has 1 aromatic carbocycles. The van der Waals surface area contributed by atoms with E-state index in [-0.39, 0.29) is 5.91 Å². The highest BCUT2D eigenvalue weighted by atomic mass is 16.5. The molecule has 25 heavy (non-hydrogen) atoms. The van der Waals surface area contributed by atoms with Crippen LogP contribution in [-0.2, 0) is 11.3 Å². The first-order chi connectivity index (χ1) is 12.2. The number of pyridine rings is 1. The molecule has 0 aliphatic carbocycles. The molecule has 7 heteroatoms. The molecule has 0 saturated heterocycles. The zero-order valence-electron chi connectivity index (χ0n) is 14.0. The second-order valence-electron chi connectivity index (χ2n) is 5.46. The standard InChI is InChI=1S/C18H19N5O2/c1-12(24)22-15-5-6-16(17(8-15)25-2)20-10-14-11-21-23-18(14)13-4-3-7-19-9-13/h3-9,11,20H,10H2,1-2H3,(H,21,23)(H,22,24). The van der Waals surface area contributed by atoms with Gasteiger partial charge in [-0.3, -0.25) is 14.9 Å². The summed E-state index contributed by atoms with van der Waals surface area (Å²) < 4.78 is 5.41. The van der Waals surface area contributed by atoms with Gasteiger partial charge >= 0.3 is 0 Å². The van der Waals surface area contributed by atoms with Gasteiger partial charge in [-0.15, -0.1) is 0 Å². The number of hydrogen-bond donors (Lipinski definition) is 3. The maximum atomic E-state index is 11.2. The molecule has 0 bridgehead atoms. The average Bonchev–Trinajstić information content (AvgIpc) is 3.09. The van der Waals surface area contributed by atoms with Crippen molar-refractivity contribution in [3.05, 3.63) is 54.5 Å². The van der Waals surface area contributed by atoms with Crippen LogP contribution in [0.1, 0.15) is 12.5 Å². The quantitative estimate of drug-likeness (QED) is 0.643. The summed E-state index contributed by atoms with van der Waals surface area (Å²) in [6.45, 7) is 2.04. The van der Waals surface area contributed by atoms with E-state index in [4.69, 9.17) is 4.74 Å². The Morgan fingerprint density at radius 3 is 2.88 bits per heavy atom. The molecular formula is C18H19N5O2. The minimum Gasteiger partial charge on any atom is -0.495 e. The van der Waals surface area contributed by atoms with E-state index >= 15 is 0 Å². The molecule has 2 aromatic heterocycles. The Bertz CT molecular complexity index is 861. The van der Waals surface area contributed by atoms with Crippen molar-refractivity contribution in [2.24, 2.45) is 0 Å². The van der Waals surface area contributed by atoms with E-state index in [1.807, 2.05) is 24.3 Å². The van der Waals surface area contributed by atoms with Gasteiger partial charge in [0.2, 0.25) is 5.91 Å². The summed E-state index contributed by atoms with van der Waals surface area (Å²) in [7, 11) is 1.59. The Morgan fingerprint density at radius 2 is 2.16 bits per heavy atom. The second-order valence-corrected chi connectivity index (χ2v) is 5.46. The van der Waals surface area contributed by atoms with Gasteiger partial charge in [-0.2, -0.15) is 5.10 Å². The van der Waals surface area contributed by atoms with E-state index in [1.54, 1.807) is 31.8 Å². The summed E-state index contributed by atoms with van der Waals surface area (Å²) in [5.41, 5.74) is 4.43. The van der Waals surface area contributed by atoms with Gasteiger partial charge in [-0.1, -0.05) is 0 Å². The summed E-state index contributed by atoms with van der Waals surface area (Å²) in [6, 6.07) is 9.34. The predicted octanol–water partition coefficient (Wildman–Crippen LogP) is 3.05. The molecule has 0 aliphatic rings. The molecule has 3 N–H and O–H groups in total. The fourth-order valence-corrected chi connectivity index (χ4v) is 2.51. The number of methoxy groups -OCH3 is 1. The predicted molar refractivity (Wildman–Crippen MR) is 96.4 cm³/mol. The molecule has 7 nitrogen and oxygen atoms in total. The van der Waals surface area contributed by atoms with Gasteiger partial charge in [0.15, 0.2) is 0 Å². The zero-order chi connectivity index (χ0) is 17.6. The molecule has 0 spiro atoms. The number of benzene rings is 1. The zero-order valence-corrected chi connectivity index (χ0v) is 14.0. The number of ether oxygens (including phenoxy) is 1. The highest BCUT2D eigenvalue weighted by Crippen LogP contribution is 2.29. The largest absolute Gasteiger partial charge is 0.495 e. The van der Waals surface area contributed by atoms with Crippen LogP contribution in [0.25, 0.3) is 11.3 Å². The number of anilines is 2. The lowest BCUT2D eigenvalue weighted by Gasteiger charge is -2.13. The molecule has 3 rings (SSSR count). The van der Waals surface area contributed by atoms with E-state index in [2.05, 4.69) is 25.8 Å². The fraction of sp³-hybridized carbons (Fsp3) is 0.167. The van der Waals surface area contributed by atoms with E-state index in [0.29, 0.717) is 18.0 Å². The average molecular weight is 337 g/mol. The first-order valence-electron chi connectivity index (χ1n) is 7.79. The lowest BCUT2D eigenvalue weighted by atomic mass is 10.1. The minimum atomic E-state index is -0.123. The first-order valence-corrected chi connectivity index (χ1v) is 7.79. The third-order valence-electron chi connectivity index (χ3n) is 3.66. The van der Waals surface area contributed by atoms with E-state index in [0.717, 1.165) is 22.5 Å². The Kier molecular flexibility index (Phi) is 4.94. The van der Waals surface area contributed by atoms with Crippen LogP contribution in [0.4, 0.5) is 11.4 Å². The maximum absolute atomic E-state index is 11.2. The van der Waals surface area contributed by atoms with Gasteiger partial charge in [0.1, 0.15) is 5.75 Å². The Labute approximate surface area is 145 Å². The normalized spacial score (nSPS) is 10.3. The number of aromatic amines is 1. The van der Waals surface area contributed by atoms with Gasteiger partial charge in [-0.05, 0) is 24.3 Å². The van der Waals surface area contributed by atoms with Crippen molar-refractivity contribution in [1.82, 2.24) is 15.2 Å². The molecule has 0 unspecified atom stereocenters. The molecular weight excluding hydrogens is 318 g/mol. The Morgan fingerprint density at radius 1 is 1.28 bits per heavy atom. The van der Waals surface area contributed by atoms with Crippen molar-refractivity contribution in [3.8, 4) is 17.0 Å². The lowest BCUT2D eigenvalue weighted by molar-refractivity contribution is -0.114. The summed E-state index contributed by atoms with van der Waals surface area (Å²) in [5.74, 6) is 0.528. The number of amides is 1. The highest BCUT2D eigenvalue weighted by molar-refractivity contribution is 5.89. The van der Waals surface area contributed by atoms with Crippen molar-refractivity contribution in [3.63, 3.8) is 0 Å². The van der Waals surface area contributed by atoms with Crippen LogP contribution in [0.3, 0.4) is 0 Å². The first kappa shape index (κ1) is 16.5. The topological polar surface area (TPSA) is 91.9 Å². The molecule has 0 radical (unpaired) electrons. The van der Waals surface area contributed by atoms with Crippen molar-refractivity contribution >= 4 is 17.3 Å². The number of H-pyrrole nitrogens is 1. The molecule has 0 aliphatic heterocycles. The monoisotopic (exact) mass is 337 g/mol. The number of carbonyl (C=O) groups is 1.